The summed E-state index contributed by atoms with van der Waals surface area (Å²) in [6.45, 7) is 2.98. The molecule has 0 heterocycles. The minimum Gasteiger partial charge on any atom is -0.380 e. The molecule has 0 aliphatic rings. The fourth-order valence-corrected chi connectivity index (χ4v) is 3.19. The number of hydrogen-bond acceptors (Lipinski definition) is 4. The van der Waals surface area contributed by atoms with Crippen LogP contribution in [-0.4, -0.2) is 34.1 Å². The molecule has 0 aromatic heterocycles. The minimum atomic E-state index is -4.06. The molecule has 0 saturated carbocycles. The molecule has 0 fully saturated rings. The lowest BCUT2D eigenvalue weighted by Crippen LogP contribution is -2.27. The van der Waals surface area contributed by atoms with E-state index in [2.05, 4.69) is 5.32 Å². The maximum Gasteiger partial charge on any atom is 0.262 e. The molecule has 1 aromatic carbocycles. The Hall–Kier alpha value is -0.530. The average Bonchev–Trinajstić information content (AvgIpc) is 2.32. The molecular weight excluding hydrogens is 349 g/mol. The molecule has 9 heteroatoms. The van der Waals surface area contributed by atoms with Gasteiger partial charge in [-0.15, -0.1) is 0 Å². The largest absolute Gasteiger partial charge is 0.380 e. The van der Waals surface area contributed by atoms with Gasteiger partial charge in [-0.3, -0.25) is 4.79 Å². The molecule has 1 amide bonds. The van der Waals surface area contributed by atoms with Crippen LogP contribution in [0.25, 0.3) is 0 Å². The van der Waals surface area contributed by atoms with Gasteiger partial charge in [-0.1, -0.05) is 23.2 Å². The van der Waals surface area contributed by atoms with Crippen LogP contribution < -0.4 is 5.32 Å². The van der Waals surface area contributed by atoms with E-state index in [1.54, 1.807) is 0 Å². The van der Waals surface area contributed by atoms with Crippen molar-refractivity contribution in [2.75, 3.05) is 19.8 Å². The third-order valence-electron chi connectivity index (χ3n) is 2.26. The number of amides is 1. The molecule has 1 rings (SSSR count). The van der Waals surface area contributed by atoms with E-state index in [1.165, 1.54) is 0 Å². The number of benzene rings is 1. The minimum absolute atomic E-state index is 0.0215. The monoisotopic (exact) mass is 359 g/mol. The molecule has 20 heavy (non-hydrogen) atoms. The van der Waals surface area contributed by atoms with Crippen molar-refractivity contribution in [2.24, 2.45) is 0 Å². The number of rotatable bonds is 6. The number of carbonyl (C=O) groups excluding carboxylic acids is 1. The fraction of sp³-hybridized carbons (Fsp3) is 0.364. The molecule has 1 N–H and O–H groups in total. The zero-order valence-electron chi connectivity index (χ0n) is 10.5. The first-order valence-electron chi connectivity index (χ1n) is 5.57. The molecule has 0 bridgehead atoms. The summed E-state index contributed by atoms with van der Waals surface area (Å²) in [5.74, 6) is -0.534. The van der Waals surface area contributed by atoms with Crippen molar-refractivity contribution in [3.8, 4) is 0 Å². The molecule has 0 unspecified atom stereocenters. The second-order valence-corrected chi connectivity index (χ2v) is 7.00. The molecule has 5 nitrogen and oxygen atoms in total. The van der Waals surface area contributed by atoms with Gasteiger partial charge < -0.3 is 10.1 Å². The van der Waals surface area contributed by atoms with Crippen LogP contribution in [0.2, 0.25) is 10.0 Å². The third kappa shape index (κ3) is 4.79. The van der Waals surface area contributed by atoms with Crippen molar-refractivity contribution < 1.29 is 17.9 Å². The van der Waals surface area contributed by atoms with Crippen LogP contribution in [0.3, 0.4) is 0 Å². The lowest BCUT2D eigenvalue weighted by atomic mass is 10.2. The van der Waals surface area contributed by atoms with Gasteiger partial charge in [0.05, 0.1) is 22.2 Å². The molecule has 0 aliphatic heterocycles. The lowest BCUT2D eigenvalue weighted by Gasteiger charge is -2.09. The molecular formula is C11H12Cl3NO4S. The Bertz CT molecular complexity index is 604. The number of hydrogen-bond donors (Lipinski definition) is 1. The molecule has 0 aliphatic carbocycles. The Morgan fingerprint density at radius 3 is 2.50 bits per heavy atom. The van der Waals surface area contributed by atoms with Gasteiger partial charge in [-0.25, -0.2) is 8.42 Å². The number of halogens is 3. The highest BCUT2D eigenvalue weighted by atomic mass is 35.7. The summed E-state index contributed by atoms with van der Waals surface area (Å²) in [6.07, 6.45) is 0. The Morgan fingerprint density at radius 1 is 1.30 bits per heavy atom. The highest BCUT2D eigenvalue weighted by Gasteiger charge is 2.20. The molecule has 0 saturated heterocycles. The summed E-state index contributed by atoms with van der Waals surface area (Å²) >= 11 is 11.6. The van der Waals surface area contributed by atoms with Crippen molar-refractivity contribution in [2.45, 2.75) is 11.8 Å². The summed E-state index contributed by atoms with van der Waals surface area (Å²) in [7, 11) is 1.17. The zero-order valence-corrected chi connectivity index (χ0v) is 13.5. The van der Waals surface area contributed by atoms with E-state index in [0.29, 0.717) is 13.2 Å². The molecule has 1 aromatic rings. The van der Waals surface area contributed by atoms with Gasteiger partial charge in [0.15, 0.2) is 0 Å². The Labute approximate surface area is 131 Å². The van der Waals surface area contributed by atoms with Gasteiger partial charge in [-0.2, -0.15) is 0 Å². The van der Waals surface area contributed by atoms with Crippen LogP contribution in [-0.2, 0) is 13.8 Å². The van der Waals surface area contributed by atoms with E-state index in [4.69, 9.17) is 38.6 Å². The maximum absolute atomic E-state index is 11.9. The van der Waals surface area contributed by atoms with Gasteiger partial charge in [-0.05, 0) is 19.1 Å². The van der Waals surface area contributed by atoms with Crippen LogP contribution >= 0.6 is 33.9 Å². The summed E-state index contributed by atoms with van der Waals surface area (Å²) < 4.78 is 27.7. The average molecular weight is 361 g/mol. The van der Waals surface area contributed by atoms with Crippen molar-refractivity contribution in [3.05, 3.63) is 27.7 Å². The van der Waals surface area contributed by atoms with Crippen molar-refractivity contribution >= 4 is 48.8 Å². The van der Waals surface area contributed by atoms with Gasteiger partial charge in [0, 0.05) is 23.8 Å². The van der Waals surface area contributed by atoms with Crippen LogP contribution in [0.4, 0.5) is 0 Å². The third-order valence-corrected chi connectivity index (χ3v) is 4.36. The number of nitrogens with one attached hydrogen (secondary N) is 1. The molecule has 0 spiro atoms. The van der Waals surface area contributed by atoms with Crippen molar-refractivity contribution in [1.82, 2.24) is 5.32 Å². The second-order valence-electron chi connectivity index (χ2n) is 3.65. The first-order valence-corrected chi connectivity index (χ1v) is 8.63. The summed E-state index contributed by atoms with van der Waals surface area (Å²) in [5.41, 5.74) is -0.0215. The Morgan fingerprint density at radius 2 is 1.95 bits per heavy atom. The van der Waals surface area contributed by atoms with Crippen molar-refractivity contribution in [1.29, 1.82) is 0 Å². The summed E-state index contributed by atoms with van der Waals surface area (Å²) in [4.78, 5) is 11.5. The van der Waals surface area contributed by atoms with Crippen LogP contribution in [0, 0.1) is 0 Å². The normalized spacial score (nSPS) is 11.4. The first-order chi connectivity index (χ1) is 9.27. The summed E-state index contributed by atoms with van der Waals surface area (Å²) in [5, 5.41) is 2.44. The predicted molar refractivity (Wildman–Crippen MR) is 78.3 cm³/mol. The van der Waals surface area contributed by atoms with E-state index in [1.807, 2.05) is 6.92 Å². The number of carbonyl (C=O) groups is 1. The van der Waals surface area contributed by atoms with E-state index in [9.17, 15) is 13.2 Å². The SMILES string of the molecule is CCOCCNC(=O)c1cc(S(=O)(=O)Cl)c(Cl)cc1Cl. The quantitative estimate of drug-likeness (QED) is 0.625. The van der Waals surface area contributed by atoms with E-state index >= 15 is 0 Å². The zero-order chi connectivity index (χ0) is 15.3. The molecule has 112 valence electrons. The number of ether oxygens (including phenoxy) is 1. The van der Waals surface area contributed by atoms with E-state index in [-0.39, 0.29) is 27.0 Å². The smallest absolute Gasteiger partial charge is 0.262 e. The van der Waals surface area contributed by atoms with E-state index < -0.39 is 15.0 Å². The maximum atomic E-state index is 11.9. The van der Waals surface area contributed by atoms with Gasteiger partial charge in [0.1, 0.15) is 4.90 Å². The standard InChI is InChI=1S/C11H12Cl3NO4S/c1-2-19-4-3-15-11(16)7-5-10(20(14,17)18)9(13)6-8(7)12/h5-6H,2-4H2,1H3,(H,15,16). The van der Waals surface area contributed by atoms with Crippen molar-refractivity contribution in [3.63, 3.8) is 0 Å². The second kappa shape index (κ2) is 7.47. The van der Waals surface area contributed by atoms with Gasteiger partial charge in [0.25, 0.3) is 15.0 Å². The van der Waals surface area contributed by atoms with Crippen LogP contribution in [0.1, 0.15) is 17.3 Å². The highest BCUT2D eigenvalue weighted by molar-refractivity contribution is 8.13. The molecule has 0 atom stereocenters. The van der Waals surface area contributed by atoms with Gasteiger partial charge >= 0.3 is 0 Å². The topological polar surface area (TPSA) is 72.5 Å². The fourth-order valence-electron chi connectivity index (χ4n) is 1.37. The predicted octanol–water partition coefficient (Wildman–Crippen LogP) is 2.69. The van der Waals surface area contributed by atoms with E-state index in [0.717, 1.165) is 12.1 Å². The molecule has 0 radical (unpaired) electrons. The van der Waals surface area contributed by atoms with Crippen LogP contribution in [0.15, 0.2) is 17.0 Å². The summed E-state index contributed by atoms with van der Waals surface area (Å²) in [6, 6.07) is 2.21. The highest BCUT2D eigenvalue weighted by Crippen LogP contribution is 2.30. The Kier molecular flexibility index (Phi) is 6.54. The van der Waals surface area contributed by atoms with Crippen LogP contribution in [0.5, 0.6) is 0 Å². The first kappa shape index (κ1) is 17.5. The Balaban J connectivity index is 2.98. The lowest BCUT2D eigenvalue weighted by molar-refractivity contribution is 0.0922. The van der Waals surface area contributed by atoms with Gasteiger partial charge in [0.2, 0.25) is 0 Å².